The Balaban J connectivity index is 2.20. The minimum absolute atomic E-state index is 0.0546. The molecule has 1 aliphatic rings. The summed E-state index contributed by atoms with van der Waals surface area (Å²) in [5, 5.41) is 0. The van der Waals surface area contributed by atoms with Gasteiger partial charge in [-0.15, -0.1) is 0 Å². The van der Waals surface area contributed by atoms with Crippen LogP contribution >= 0.6 is 31.9 Å². The van der Waals surface area contributed by atoms with Gasteiger partial charge in [0.25, 0.3) is 5.91 Å². The molecule has 0 saturated carbocycles. The van der Waals surface area contributed by atoms with Crippen molar-refractivity contribution in [3.05, 3.63) is 32.7 Å². The van der Waals surface area contributed by atoms with Crippen LogP contribution < -0.4 is 0 Å². The number of hydrogen-bond donors (Lipinski definition) is 0. The van der Waals surface area contributed by atoms with Gasteiger partial charge in [-0.1, -0.05) is 31.9 Å². The van der Waals surface area contributed by atoms with Crippen molar-refractivity contribution in [1.82, 2.24) is 4.90 Å². The summed E-state index contributed by atoms with van der Waals surface area (Å²) in [7, 11) is 0. The van der Waals surface area contributed by atoms with E-state index >= 15 is 0 Å². The van der Waals surface area contributed by atoms with Gasteiger partial charge in [0.05, 0.1) is 12.2 Å². The van der Waals surface area contributed by atoms with Gasteiger partial charge in [-0.25, -0.2) is 0 Å². The van der Waals surface area contributed by atoms with Crippen molar-refractivity contribution >= 4 is 37.8 Å². The standard InChI is InChI=1S/C13H15Br2NO2/c1-8-6-16(7-9(2)18-8)13(17)10-3-11(14)5-12(15)4-10/h3-5,8-9H,6-7H2,1-2H3/t8-,9+. The van der Waals surface area contributed by atoms with E-state index in [2.05, 4.69) is 31.9 Å². The SMILES string of the molecule is C[C@@H]1CN(C(=O)c2cc(Br)cc(Br)c2)C[C@H](C)O1. The van der Waals surface area contributed by atoms with Gasteiger partial charge in [0.2, 0.25) is 0 Å². The highest BCUT2D eigenvalue weighted by Crippen LogP contribution is 2.22. The number of carbonyl (C=O) groups excluding carboxylic acids is 1. The van der Waals surface area contributed by atoms with E-state index in [4.69, 9.17) is 4.74 Å². The van der Waals surface area contributed by atoms with Crippen molar-refractivity contribution in [2.24, 2.45) is 0 Å². The van der Waals surface area contributed by atoms with Gasteiger partial charge >= 0.3 is 0 Å². The lowest BCUT2D eigenvalue weighted by Crippen LogP contribution is -2.48. The molecule has 1 heterocycles. The molecule has 98 valence electrons. The highest BCUT2D eigenvalue weighted by molar-refractivity contribution is 9.11. The molecule has 3 nitrogen and oxygen atoms in total. The number of morpholine rings is 1. The second-order valence-corrected chi connectivity index (χ2v) is 6.46. The van der Waals surface area contributed by atoms with E-state index in [-0.39, 0.29) is 18.1 Å². The van der Waals surface area contributed by atoms with Gasteiger partial charge in [-0.2, -0.15) is 0 Å². The lowest BCUT2D eigenvalue weighted by molar-refractivity contribution is -0.0586. The maximum Gasteiger partial charge on any atom is 0.254 e. The Morgan fingerprint density at radius 1 is 1.17 bits per heavy atom. The van der Waals surface area contributed by atoms with E-state index in [1.54, 1.807) is 0 Å². The number of benzene rings is 1. The van der Waals surface area contributed by atoms with Crippen LogP contribution in [-0.2, 0) is 4.74 Å². The molecule has 2 rings (SSSR count). The molecule has 0 bridgehead atoms. The van der Waals surface area contributed by atoms with Crippen LogP contribution in [0.25, 0.3) is 0 Å². The first-order chi connectivity index (χ1) is 8.45. The average molecular weight is 377 g/mol. The molecule has 1 amide bonds. The van der Waals surface area contributed by atoms with Crippen LogP contribution in [0.4, 0.5) is 0 Å². The fourth-order valence-electron chi connectivity index (χ4n) is 2.20. The van der Waals surface area contributed by atoms with Crippen LogP contribution in [-0.4, -0.2) is 36.1 Å². The van der Waals surface area contributed by atoms with Crippen molar-refractivity contribution in [3.8, 4) is 0 Å². The third kappa shape index (κ3) is 3.33. The Hall–Kier alpha value is -0.390. The number of nitrogens with zero attached hydrogens (tertiary/aromatic N) is 1. The zero-order chi connectivity index (χ0) is 13.3. The summed E-state index contributed by atoms with van der Waals surface area (Å²) >= 11 is 6.81. The maximum absolute atomic E-state index is 12.4. The number of hydrogen-bond acceptors (Lipinski definition) is 2. The van der Waals surface area contributed by atoms with Crippen molar-refractivity contribution < 1.29 is 9.53 Å². The van der Waals surface area contributed by atoms with Crippen LogP contribution in [0.5, 0.6) is 0 Å². The van der Waals surface area contributed by atoms with Gasteiger partial charge in [0.15, 0.2) is 0 Å². The van der Waals surface area contributed by atoms with E-state index in [1.165, 1.54) is 0 Å². The van der Waals surface area contributed by atoms with Gasteiger partial charge in [-0.05, 0) is 32.0 Å². The summed E-state index contributed by atoms with van der Waals surface area (Å²) in [5.74, 6) is 0.0546. The van der Waals surface area contributed by atoms with E-state index in [1.807, 2.05) is 36.9 Å². The number of amides is 1. The monoisotopic (exact) mass is 375 g/mol. The largest absolute Gasteiger partial charge is 0.372 e. The van der Waals surface area contributed by atoms with Gasteiger partial charge in [0, 0.05) is 27.6 Å². The predicted octanol–water partition coefficient (Wildman–Crippen LogP) is 3.46. The first-order valence-electron chi connectivity index (χ1n) is 5.86. The van der Waals surface area contributed by atoms with E-state index in [0.29, 0.717) is 18.7 Å². The highest BCUT2D eigenvalue weighted by Gasteiger charge is 2.26. The van der Waals surface area contributed by atoms with E-state index in [0.717, 1.165) is 8.95 Å². The van der Waals surface area contributed by atoms with Crippen LogP contribution in [0.2, 0.25) is 0 Å². The fraction of sp³-hybridized carbons (Fsp3) is 0.462. The zero-order valence-corrected chi connectivity index (χ0v) is 13.5. The molecule has 0 radical (unpaired) electrons. The number of rotatable bonds is 1. The Bertz CT molecular complexity index is 434. The average Bonchev–Trinajstić information content (AvgIpc) is 2.25. The van der Waals surface area contributed by atoms with Gasteiger partial charge < -0.3 is 9.64 Å². The Kier molecular flexibility index (Phi) is 4.45. The maximum atomic E-state index is 12.4. The molecule has 1 aliphatic heterocycles. The van der Waals surface area contributed by atoms with E-state index in [9.17, 15) is 4.79 Å². The Morgan fingerprint density at radius 3 is 2.17 bits per heavy atom. The molecule has 0 unspecified atom stereocenters. The summed E-state index contributed by atoms with van der Waals surface area (Å²) in [5.41, 5.74) is 0.692. The van der Waals surface area contributed by atoms with Gasteiger partial charge in [-0.3, -0.25) is 4.79 Å². The normalized spacial score (nSPS) is 24.1. The molecule has 1 aromatic carbocycles. The second-order valence-electron chi connectivity index (χ2n) is 4.63. The third-order valence-electron chi connectivity index (χ3n) is 2.82. The Morgan fingerprint density at radius 2 is 1.67 bits per heavy atom. The summed E-state index contributed by atoms with van der Waals surface area (Å²) in [6.07, 6.45) is 0.182. The first-order valence-corrected chi connectivity index (χ1v) is 7.45. The molecule has 1 aromatic rings. The molecule has 0 aromatic heterocycles. The molecule has 0 aliphatic carbocycles. The highest BCUT2D eigenvalue weighted by atomic mass is 79.9. The summed E-state index contributed by atoms with van der Waals surface area (Å²) in [4.78, 5) is 14.3. The molecule has 18 heavy (non-hydrogen) atoms. The topological polar surface area (TPSA) is 29.5 Å². The van der Waals surface area contributed by atoms with Crippen LogP contribution in [0.15, 0.2) is 27.1 Å². The quantitative estimate of drug-likeness (QED) is 0.751. The van der Waals surface area contributed by atoms with Crippen molar-refractivity contribution in [3.63, 3.8) is 0 Å². The number of halogens is 2. The molecule has 0 spiro atoms. The van der Waals surface area contributed by atoms with Crippen molar-refractivity contribution in [2.45, 2.75) is 26.1 Å². The van der Waals surface area contributed by atoms with Crippen molar-refractivity contribution in [2.75, 3.05) is 13.1 Å². The fourth-order valence-corrected chi connectivity index (χ4v) is 3.50. The Labute approximate surface area is 124 Å². The zero-order valence-electron chi connectivity index (χ0n) is 10.3. The molecule has 5 heteroatoms. The van der Waals surface area contributed by atoms with Crippen LogP contribution in [0.1, 0.15) is 24.2 Å². The number of ether oxygens (including phenoxy) is 1. The molecular formula is C13H15Br2NO2. The molecule has 1 fully saturated rings. The molecular weight excluding hydrogens is 362 g/mol. The predicted molar refractivity (Wildman–Crippen MR) is 77.8 cm³/mol. The lowest BCUT2D eigenvalue weighted by atomic mass is 10.1. The number of carbonyl (C=O) groups is 1. The van der Waals surface area contributed by atoms with Gasteiger partial charge in [0.1, 0.15) is 0 Å². The van der Waals surface area contributed by atoms with Crippen LogP contribution in [0, 0.1) is 0 Å². The lowest BCUT2D eigenvalue weighted by Gasteiger charge is -2.35. The third-order valence-corrected chi connectivity index (χ3v) is 3.73. The molecule has 1 saturated heterocycles. The smallest absolute Gasteiger partial charge is 0.254 e. The van der Waals surface area contributed by atoms with Crippen molar-refractivity contribution in [1.29, 1.82) is 0 Å². The van der Waals surface area contributed by atoms with E-state index < -0.39 is 0 Å². The van der Waals surface area contributed by atoms with Crippen LogP contribution in [0.3, 0.4) is 0 Å². The molecule has 0 N–H and O–H groups in total. The summed E-state index contributed by atoms with van der Waals surface area (Å²) < 4.78 is 7.43. The first kappa shape index (κ1) is 14.0. The summed E-state index contributed by atoms with van der Waals surface area (Å²) in [6, 6.07) is 5.61. The minimum Gasteiger partial charge on any atom is -0.372 e. The molecule has 2 atom stereocenters. The summed E-state index contributed by atoms with van der Waals surface area (Å²) in [6.45, 7) is 5.28. The second kappa shape index (κ2) is 5.72. The minimum atomic E-state index is 0.0546.